The van der Waals surface area contributed by atoms with E-state index in [4.69, 9.17) is 5.73 Å². The van der Waals surface area contributed by atoms with Crippen molar-refractivity contribution < 1.29 is 0 Å². The first-order valence-electron chi connectivity index (χ1n) is 4.22. The van der Waals surface area contributed by atoms with Gasteiger partial charge in [0.2, 0.25) is 0 Å². The van der Waals surface area contributed by atoms with Gasteiger partial charge < -0.3 is 5.73 Å². The topological polar surface area (TPSA) is 38.9 Å². The molecular formula is C10H9BrN2S. The monoisotopic (exact) mass is 268 g/mol. The van der Waals surface area contributed by atoms with E-state index in [9.17, 15) is 0 Å². The van der Waals surface area contributed by atoms with Gasteiger partial charge in [-0.1, -0.05) is 30.3 Å². The lowest BCUT2D eigenvalue weighted by atomic mass is 10.2. The molecule has 0 bridgehead atoms. The number of hydrogen-bond donors (Lipinski definition) is 1. The molecule has 0 spiro atoms. The van der Waals surface area contributed by atoms with Gasteiger partial charge in [0, 0.05) is 12.1 Å². The molecule has 14 heavy (non-hydrogen) atoms. The standard InChI is InChI=1S/C10H9BrN2S/c11-10-9(13-8(6-12)14-10)7-4-2-1-3-5-7/h1-5H,6,12H2. The van der Waals surface area contributed by atoms with E-state index >= 15 is 0 Å². The SMILES string of the molecule is NCc1nc(-c2ccccc2)c(Br)s1. The van der Waals surface area contributed by atoms with Crippen molar-refractivity contribution in [2.45, 2.75) is 6.54 Å². The summed E-state index contributed by atoms with van der Waals surface area (Å²) in [6, 6.07) is 10.1. The van der Waals surface area contributed by atoms with Gasteiger partial charge >= 0.3 is 0 Å². The van der Waals surface area contributed by atoms with Crippen molar-refractivity contribution in [1.82, 2.24) is 4.98 Å². The predicted octanol–water partition coefficient (Wildman–Crippen LogP) is 3.03. The maximum atomic E-state index is 5.54. The van der Waals surface area contributed by atoms with E-state index in [1.807, 2.05) is 30.3 Å². The van der Waals surface area contributed by atoms with Crippen molar-refractivity contribution in [1.29, 1.82) is 0 Å². The Morgan fingerprint density at radius 3 is 2.57 bits per heavy atom. The van der Waals surface area contributed by atoms with Crippen LogP contribution in [0.1, 0.15) is 5.01 Å². The number of thiazole rings is 1. The molecule has 0 fully saturated rings. The number of nitrogens with zero attached hydrogens (tertiary/aromatic N) is 1. The van der Waals surface area contributed by atoms with Crippen LogP contribution in [0.3, 0.4) is 0 Å². The van der Waals surface area contributed by atoms with Gasteiger partial charge in [0.05, 0.1) is 9.48 Å². The second-order valence-corrected chi connectivity index (χ2v) is 5.20. The molecule has 0 amide bonds. The fourth-order valence-electron chi connectivity index (χ4n) is 1.20. The van der Waals surface area contributed by atoms with E-state index in [2.05, 4.69) is 20.9 Å². The fourth-order valence-corrected chi connectivity index (χ4v) is 2.77. The molecule has 0 radical (unpaired) electrons. The highest BCUT2D eigenvalue weighted by Crippen LogP contribution is 2.32. The van der Waals surface area contributed by atoms with Crippen molar-refractivity contribution in [2.75, 3.05) is 0 Å². The van der Waals surface area contributed by atoms with Gasteiger partial charge in [-0.25, -0.2) is 4.98 Å². The van der Waals surface area contributed by atoms with Crippen molar-refractivity contribution in [2.24, 2.45) is 5.73 Å². The molecule has 72 valence electrons. The Bertz CT molecular complexity index is 425. The average Bonchev–Trinajstić information content (AvgIpc) is 2.61. The Balaban J connectivity index is 2.46. The summed E-state index contributed by atoms with van der Waals surface area (Å²) < 4.78 is 1.05. The minimum absolute atomic E-state index is 0.496. The van der Waals surface area contributed by atoms with Crippen molar-refractivity contribution in [3.8, 4) is 11.3 Å². The number of hydrogen-bond acceptors (Lipinski definition) is 3. The van der Waals surface area contributed by atoms with Crippen LogP contribution in [0.25, 0.3) is 11.3 Å². The Kier molecular flexibility index (Phi) is 2.96. The van der Waals surface area contributed by atoms with Crippen LogP contribution in [0.15, 0.2) is 34.1 Å². The number of halogens is 1. The maximum absolute atomic E-state index is 5.54. The zero-order valence-electron chi connectivity index (χ0n) is 7.40. The second-order valence-electron chi connectivity index (χ2n) is 2.80. The van der Waals surface area contributed by atoms with Crippen LogP contribution in [0.4, 0.5) is 0 Å². The van der Waals surface area contributed by atoms with Gasteiger partial charge in [0.15, 0.2) is 0 Å². The Morgan fingerprint density at radius 1 is 1.29 bits per heavy atom. The summed E-state index contributed by atoms with van der Waals surface area (Å²) in [6.45, 7) is 0.496. The lowest BCUT2D eigenvalue weighted by Crippen LogP contribution is -1.94. The first kappa shape index (κ1) is 9.83. The van der Waals surface area contributed by atoms with Crippen LogP contribution < -0.4 is 5.73 Å². The average molecular weight is 269 g/mol. The third kappa shape index (κ3) is 1.87. The summed E-state index contributed by atoms with van der Waals surface area (Å²) >= 11 is 5.08. The highest BCUT2D eigenvalue weighted by molar-refractivity contribution is 9.11. The molecule has 0 aliphatic heterocycles. The van der Waals surface area contributed by atoms with E-state index in [1.165, 1.54) is 0 Å². The van der Waals surface area contributed by atoms with E-state index in [0.717, 1.165) is 20.1 Å². The normalized spacial score (nSPS) is 10.4. The summed E-state index contributed by atoms with van der Waals surface area (Å²) in [5.41, 5.74) is 7.64. The molecular weight excluding hydrogens is 260 g/mol. The predicted molar refractivity (Wildman–Crippen MR) is 63.1 cm³/mol. The van der Waals surface area contributed by atoms with Crippen molar-refractivity contribution in [3.05, 3.63) is 39.1 Å². The third-order valence-electron chi connectivity index (χ3n) is 1.85. The molecule has 0 saturated carbocycles. The van der Waals surface area contributed by atoms with Crippen LogP contribution in [0.5, 0.6) is 0 Å². The second kappa shape index (κ2) is 4.21. The molecule has 0 saturated heterocycles. The number of nitrogens with two attached hydrogens (primary N) is 1. The summed E-state index contributed by atoms with van der Waals surface area (Å²) in [7, 11) is 0. The summed E-state index contributed by atoms with van der Waals surface area (Å²) in [5.74, 6) is 0. The molecule has 2 aromatic rings. The largest absolute Gasteiger partial charge is 0.325 e. The molecule has 0 atom stereocenters. The fraction of sp³-hybridized carbons (Fsp3) is 0.100. The summed E-state index contributed by atoms with van der Waals surface area (Å²) in [5, 5.41) is 0.954. The van der Waals surface area contributed by atoms with Crippen molar-refractivity contribution in [3.63, 3.8) is 0 Å². The number of aromatic nitrogens is 1. The van der Waals surface area contributed by atoms with Crippen LogP contribution in [-0.4, -0.2) is 4.98 Å². The summed E-state index contributed by atoms with van der Waals surface area (Å²) in [4.78, 5) is 4.45. The van der Waals surface area contributed by atoms with Gasteiger partial charge in [-0.15, -0.1) is 11.3 Å². The minimum Gasteiger partial charge on any atom is -0.325 e. The quantitative estimate of drug-likeness (QED) is 0.910. The first-order valence-corrected chi connectivity index (χ1v) is 5.83. The molecule has 1 aromatic carbocycles. The molecule has 1 aromatic heterocycles. The van der Waals surface area contributed by atoms with Crippen molar-refractivity contribution >= 4 is 27.3 Å². The highest BCUT2D eigenvalue weighted by Gasteiger charge is 2.08. The Morgan fingerprint density at radius 2 is 2.00 bits per heavy atom. The van der Waals surface area contributed by atoms with E-state index < -0.39 is 0 Å². The van der Waals surface area contributed by atoms with Gasteiger partial charge in [0.1, 0.15) is 5.01 Å². The van der Waals surface area contributed by atoms with Crippen LogP contribution in [0, 0.1) is 0 Å². The lowest BCUT2D eigenvalue weighted by Gasteiger charge is -1.95. The highest BCUT2D eigenvalue weighted by atomic mass is 79.9. The van der Waals surface area contributed by atoms with Crippen LogP contribution >= 0.6 is 27.3 Å². The molecule has 2 rings (SSSR count). The minimum atomic E-state index is 0.496. The van der Waals surface area contributed by atoms with Gasteiger partial charge in [-0.05, 0) is 15.9 Å². The van der Waals surface area contributed by atoms with Gasteiger partial charge in [-0.2, -0.15) is 0 Å². The van der Waals surface area contributed by atoms with E-state index in [-0.39, 0.29) is 0 Å². The molecule has 4 heteroatoms. The maximum Gasteiger partial charge on any atom is 0.108 e. The lowest BCUT2D eigenvalue weighted by molar-refractivity contribution is 1.04. The van der Waals surface area contributed by atoms with Gasteiger partial charge in [0.25, 0.3) is 0 Å². The Hall–Kier alpha value is -0.710. The molecule has 0 aliphatic carbocycles. The zero-order chi connectivity index (χ0) is 9.97. The Labute approximate surface area is 94.9 Å². The molecule has 0 aliphatic rings. The molecule has 0 unspecified atom stereocenters. The molecule has 2 N–H and O–H groups in total. The smallest absolute Gasteiger partial charge is 0.108 e. The molecule has 2 nitrogen and oxygen atoms in total. The number of rotatable bonds is 2. The third-order valence-corrected chi connectivity index (χ3v) is 3.58. The van der Waals surface area contributed by atoms with Gasteiger partial charge in [-0.3, -0.25) is 0 Å². The van der Waals surface area contributed by atoms with E-state index in [1.54, 1.807) is 11.3 Å². The number of benzene rings is 1. The zero-order valence-corrected chi connectivity index (χ0v) is 9.81. The van der Waals surface area contributed by atoms with Crippen LogP contribution in [-0.2, 0) is 6.54 Å². The van der Waals surface area contributed by atoms with E-state index in [0.29, 0.717) is 6.54 Å². The molecule has 1 heterocycles. The summed E-state index contributed by atoms with van der Waals surface area (Å²) in [6.07, 6.45) is 0. The van der Waals surface area contributed by atoms with Crippen LogP contribution in [0.2, 0.25) is 0 Å². The first-order chi connectivity index (χ1) is 6.81.